The highest BCUT2D eigenvalue weighted by Gasteiger charge is 2.13. The van der Waals surface area contributed by atoms with Crippen molar-refractivity contribution < 1.29 is 4.74 Å². The van der Waals surface area contributed by atoms with Crippen molar-refractivity contribution in [3.63, 3.8) is 0 Å². The average Bonchev–Trinajstić information content (AvgIpc) is 3.25. The number of imidazole rings is 1. The normalized spacial score (nSPS) is 15.1. The summed E-state index contributed by atoms with van der Waals surface area (Å²) in [6, 6.07) is 8.27. The van der Waals surface area contributed by atoms with Crippen molar-refractivity contribution in [2.24, 2.45) is 0 Å². The second-order valence-electron chi connectivity index (χ2n) is 8.33. The third kappa shape index (κ3) is 5.93. The summed E-state index contributed by atoms with van der Waals surface area (Å²) in [5.74, 6) is 1.97. The van der Waals surface area contributed by atoms with Gasteiger partial charge in [0.15, 0.2) is 5.82 Å². The van der Waals surface area contributed by atoms with Gasteiger partial charge >= 0.3 is 0 Å². The number of fused-ring (bicyclic) bond motifs is 3. The average molecular weight is 425 g/mol. The van der Waals surface area contributed by atoms with Crippen LogP contribution < -0.4 is 10.6 Å². The number of benzene rings is 1. The maximum Gasteiger partial charge on any atom is 0.152 e. The molecule has 1 aromatic carbocycles. The SMILES string of the molecule is CCCCc1nc2c([nH]1)c(NCCCNCCCN1CCOCC1)nc1ccccc12. The molecule has 1 saturated heterocycles. The molecule has 0 unspecified atom stereocenters. The van der Waals surface area contributed by atoms with E-state index >= 15 is 0 Å². The zero-order chi connectivity index (χ0) is 21.3. The minimum absolute atomic E-state index is 0.881. The van der Waals surface area contributed by atoms with E-state index < -0.39 is 0 Å². The highest BCUT2D eigenvalue weighted by Crippen LogP contribution is 2.28. The van der Waals surface area contributed by atoms with Crippen molar-refractivity contribution in [3.8, 4) is 0 Å². The highest BCUT2D eigenvalue weighted by molar-refractivity contribution is 6.06. The number of morpholine rings is 1. The van der Waals surface area contributed by atoms with E-state index in [-0.39, 0.29) is 0 Å². The van der Waals surface area contributed by atoms with E-state index in [0.29, 0.717) is 0 Å². The first-order valence-corrected chi connectivity index (χ1v) is 11.9. The predicted octanol–water partition coefficient (Wildman–Crippen LogP) is 3.57. The second kappa shape index (κ2) is 11.4. The van der Waals surface area contributed by atoms with Crippen LogP contribution in [0.25, 0.3) is 21.9 Å². The quantitative estimate of drug-likeness (QED) is 0.386. The number of pyridine rings is 1. The van der Waals surface area contributed by atoms with Gasteiger partial charge in [0.25, 0.3) is 0 Å². The van der Waals surface area contributed by atoms with Gasteiger partial charge in [-0.15, -0.1) is 0 Å². The standard InChI is InChI=1S/C24H36N6O/c1-2-3-10-21-28-22-19-8-4-5-9-20(19)27-24(23(22)29-21)26-13-6-11-25-12-7-14-30-15-17-31-18-16-30/h4-5,8-9,25H,2-3,6-7,10-18H2,1H3,(H,26,27)(H,28,29). The molecule has 3 N–H and O–H groups in total. The number of H-pyrrole nitrogens is 1. The number of hydrogen-bond donors (Lipinski definition) is 3. The summed E-state index contributed by atoms with van der Waals surface area (Å²) in [4.78, 5) is 15.8. The number of unbranched alkanes of at least 4 members (excludes halogenated alkanes) is 1. The summed E-state index contributed by atoms with van der Waals surface area (Å²) < 4.78 is 5.40. The molecule has 31 heavy (non-hydrogen) atoms. The van der Waals surface area contributed by atoms with Crippen LogP contribution in [0.15, 0.2) is 24.3 Å². The largest absolute Gasteiger partial charge is 0.379 e. The summed E-state index contributed by atoms with van der Waals surface area (Å²) in [5, 5.41) is 8.23. The Kier molecular flexibility index (Phi) is 8.10. The zero-order valence-corrected chi connectivity index (χ0v) is 18.8. The Labute approximate surface area is 185 Å². The van der Waals surface area contributed by atoms with E-state index in [1.165, 1.54) is 12.8 Å². The monoisotopic (exact) mass is 424 g/mol. The lowest BCUT2D eigenvalue weighted by molar-refractivity contribution is 0.0374. The molecule has 1 aliphatic rings. The third-order valence-electron chi connectivity index (χ3n) is 5.90. The van der Waals surface area contributed by atoms with Crippen molar-refractivity contribution in [1.29, 1.82) is 0 Å². The molecular formula is C24H36N6O. The first-order valence-electron chi connectivity index (χ1n) is 11.9. The molecule has 0 atom stereocenters. The first kappa shape index (κ1) is 22.0. The molecule has 7 heteroatoms. The lowest BCUT2D eigenvalue weighted by Gasteiger charge is -2.26. The van der Waals surface area contributed by atoms with Crippen molar-refractivity contribution >= 4 is 27.8 Å². The molecule has 0 spiro atoms. The number of nitrogens with zero attached hydrogens (tertiary/aromatic N) is 3. The fourth-order valence-corrected chi connectivity index (χ4v) is 4.12. The molecule has 3 aromatic rings. The summed E-state index contributed by atoms with van der Waals surface area (Å²) in [6.07, 6.45) is 5.54. The van der Waals surface area contributed by atoms with Crippen molar-refractivity contribution in [2.45, 2.75) is 39.0 Å². The number of ether oxygens (including phenoxy) is 1. The van der Waals surface area contributed by atoms with E-state index in [1.807, 2.05) is 6.07 Å². The summed E-state index contributed by atoms with van der Waals surface area (Å²) in [5.41, 5.74) is 3.05. The highest BCUT2D eigenvalue weighted by atomic mass is 16.5. The zero-order valence-electron chi connectivity index (χ0n) is 18.8. The van der Waals surface area contributed by atoms with Gasteiger partial charge in [0.2, 0.25) is 0 Å². The molecule has 2 aromatic heterocycles. The van der Waals surface area contributed by atoms with Gasteiger partial charge in [0, 0.05) is 31.4 Å². The number of hydrogen-bond acceptors (Lipinski definition) is 6. The van der Waals surface area contributed by atoms with E-state index in [0.717, 1.165) is 105 Å². The van der Waals surface area contributed by atoms with Crippen LogP contribution in [0, 0.1) is 0 Å². The van der Waals surface area contributed by atoms with Crippen LogP contribution in [0.3, 0.4) is 0 Å². The molecule has 168 valence electrons. The van der Waals surface area contributed by atoms with E-state index in [4.69, 9.17) is 14.7 Å². The molecule has 7 nitrogen and oxygen atoms in total. The van der Waals surface area contributed by atoms with Crippen molar-refractivity contribution in [3.05, 3.63) is 30.1 Å². The maximum absolute atomic E-state index is 5.40. The number of aryl methyl sites for hydroxylation is 1. The smallest absolute Gasteiger partial charge is 0.152 e. The molecule has 0 amide bonds. The van der Waals surface area contributed by atoms with E-state index in [1.54, 1.807) is 0 Å². The van der Waals surface area contributed by atoms with E-state index in [9.17, 15) is 0 Å². The van der Waals surface area contributed by atoms with Gasteiger partial charge in [-0.2, -0.15) is 0 Å². The number of nitrogens with one attached hydrogen (secondary N) is 3. The van der Waals surface area contributed by atoms with Gasteiger partial charge in [0.1, 0.15) is 16.9 Å². The third-order valence-corrected chi connectivity index (χ3v) is 5.90. The van der Waals surface area contributed by atoms with E-state index in [2.05, 4.69) is 45.6 Å². The lowest BCUT2D eigenvalue weighted by atomic mass is 10.2. The van der Waals surface area contributed by atoms with Crippen LogP contribution in [-0.2, 0) is 11.2 Å². The van der Waals surface area contributed by atoms with Gasteiger partial charge in [-0.25, -0.2) is 9.97 Å². The second-order valence-corrected chi connectivity index (χ2v) is 8.33. The van der Waals surface area contributed by atoms with Crippen LogP contribution >= 0.6 is 0 Å². The molecule has 3 heterocycles. The minimum Gasteiger partial charge on any atom is -0.379 e. The van der Waals surface area contributed by atoms with Crippen molar-refractivity contribution in [1.82, 2.24) is 25.2 Å². The summed E-state index contributed by atoms with van der Waals surface area (Å²) in [6.45, 7) is 10.2. The Morgan fingerprint density at radius 1 is 1.03 bits per heavy atom. The topological polar surface area (TPSA) is 78.1 Å². The molecule has 1 fully saturated rings. The van der Waals surface area contributed by atoms with Crippen molar-refractivity contribution in [2.75, 3.05) is 57.8 Å². The molecular weight excluding hydrogens is 388 g/mol. The van der Waals surface area contributed by atoms with Gasteiger partial charge in [-0.05, 0) is 45.0 Å². The fourth-order valence-electron chi connectivity index (χ4n) is 4.12. The van der Waals surface area contributed by atoms with Crippen LogP contribution in [0.5, 0.6) is 0 Å². The summed E-state index contributed by atoms with van der Waals surface area (Å²) in [7, 11) is 0. The van der Waals surface area contributed by atoms with Gasteiger partial charge in [-0.1, -0.05) is 31.5 Å². The molecule has 0 saturated carbocycles. The number of aromatic nitrogens is 3. The molecule has 1 aliphatic heterocycles. The number of anilines is 1. The number of rotatable bonds is 12. The molecule has 4 rings (SSSR count). The first-order chi connectivity index (χ1) is 15.3. The fraction of sp³-hybridized carbons (Fsp3) is 0.583. The van der Waals surface area contributed by atoms with Gasteiger partial charge in [-0.3, -0.25) is 4.90 Å². The predicted molar refractivity (Wildman–Crippen MR) is 128 cm³/mol. The Hall–Kier alpha value is -2.22. The molecule has 0 radical (unpaired) electrons. The Balaban J connectivity index is 1.27. The Bertz CT molecular complexity index is 950. The molecule has 0 bridgehead atoms. The maximum atomic E-state index is 5.40. The minimum atomic E-state index is 0.881. The lowest BCUT2D eigenvalue weighted by Crippen LogP contribution is -2.37. The Morgan fingerprint density at radius 2 is 1.87 bits per heavy atom. The van der Waals surface area contributed by atoms with Gasteiger partial charge < -0.3 is 20.4 Å². The van der Waals surface area contributed by atoms with Crippen LogP contribution in [0.4, 0.5) is 5.82 Å². The van der Waals surface area contributed by atoms with Crippen LogP contribution in [0.1, 0.15) is 38.4 Å². The summed E-state index contributed by atoms with van der Waals surface area (Å²) >= 11 is 0. The number of para-hydroxylation sites is 1. The van der Waals surface area contributed by atoms with Crippen LogP contribution in [-0.4, -0.2) is 72.3 Å². The Morgan fingerprint density at radius 3 is 2.74 bits per heavy atom. The van der Waals surface area contributed by atoms with Crippen LogP contribution in [0.2, 0.25) is 0 Å². The number of aromatic amines is 1. The molecule has 0 aliphatic carbocycles. The van der Waals surface area contributed by atoms with Gasteiger partial charge in [0.05, 0.1) is 18.7 Å².